The van der Waals surface area contributed by atoms with Gasteiger partial charge in [-0.15, -0.1) is 0 Å². The molecule has 1 aromatic heterocycles. The van der Waals surface area contributed by atoms with Gasteiger partial charge in [-0.1, -0.05) is 0 Å². The van der Waals surface area contributed by atoms with E-state index in [9.17, 15) is 18.0 Å². The van der Waals surface area contributed by atoms with Crippen LogP contribution in [0.4, 0.5) is 11.4 Å². The summed E-state index contributed by atoms with van der Waals surface area (Å²) in [4.78, 5) is 23.8. The van der Waals surface area contributed by atoms with E-state index in [1.54, 1.807) is 45.2 Å². The first-order valence-corrected chi connectivity index (χ1v) is 8.96. The Morgan fingerprint density at radius 2 is 1.92 bits per heavy atom. The second-order valence-corrected chi connectivity index (χ2v) is 7.36. The van der Waals surface area contributed by atoms with E-state index in [1.807, 2.05) is 0 Å². The van der Waals surface area contributed by atoms with Gasteiger partial charge < -0.3 is 9.88 Å². The molecule has 2 aromatic rings. The number of carbonyl (C=O) groups is 1. The van der Waals surface area contributed by atoms with Crippen molar-refractivity contribution in [1.82, 2.24) is 4.57 Å². The molecule has 1 heterocycles. The average molecular weight is 349 g/mol. The number of hydrogen-bond acceptors (Lipinski definition) is 4. The van der Waals surface area contributed by atoms with Crippen LogP contribution in [0.25, 0.3) is 0 Å². The Hall–Kier alpha value is -2.61. The molecule has 0 fully saturated rings. The van der Waals surface area contributed by atoms with Crippen molar-refractivity contribution in [1.29, 1.82) is 0 Å². The topological polar surface area (TPSA) is 97.3 Å². The molecule has 24 heavy (non-hydrogen) atoms. The number of sulfonamides is 1. The number of pyridine rings is 1. The third kappa shape index (κ3) is 4.23. The number of hydrogen-bond donors (Lipinski definition) is 2. The maximum atomic E-state index is 12.2. The number of aryl methyl sites for hydroxylation is 2. The van der Waals surface area contributed by atoms with Crippen LogP contribution < -0.4 is 15.6 Å². The Morgan fingerprint density at radius 3 is 2.50 bits per heavy atom. The third-order valence-electron chi connectivity index (χ3n) is 3.50. The van der Waals surface area contributed by atoms with E-state index < -0.39 is 15.9 Å². The standard InChI is InChI=1S/C16H19N3O4S/c1-4-24(22,23)18-14-6-5-13(9-11(14)2)17-16(21)12-7-8-19(3)15(20)10-12/h5-10,18H,4H2,1-3H3,(H,17,21). The maximum absolute atomic E-state index is 12.2. The minimum absolute atomic E-state index is 0.0199. The molecule has 128 valence electrons. The maximum Gasteiger partial charge on any atom is 0.255 e. The highest BCUT2D eigenvalue weighted by Gasteiger charge is 2.11. The Balaban J connectivity index is 2.18. The fourth-order valence-electron chi connectivity index (χ4n) is 1.99. The first-order chi connectivity index (χ1) is 11.2. The van der Waals surface area contributed by atoms with Crippen LogP contribution >= 0.6 is 0 Å². The van der Waals surface area contributed by atoms with Gasteiger partial charge in [-0.3, -0.25) is 14.3 Å². The van der Waals surface area contributed by atoms with Crippen molar-refractivity contribution >= 4 is 27.3 Å². The van der Waals surface area contributed by atoms with Crippen molar-refractivity contribution < 1.29 is 13.2 Å². The molecule has 0 spiro atoms. The summed E-state index contributed by atoms with van der Waals surface area (Å²) in [6.07, 6.45) is 1.52. The Kier molecular flexibility index (Phi) is 5.08. The molecule has 0 aliphatic heterocycles. The first-order valence-electron chi connectivity index (χ1n) is 7.31. The molecule has 0 unspecified atom stereocenters. The van der Waals surface area contributed by atoms with E-state index >= 15 is 0 Å². The second-order valence-electron chi connectivity index (χ2n) is 5.35. The number of aromatic nitrogens is 1. The van der Waals surface area contributed by atoms with Crippen LogP contribution in [0.1, 0.15) is 22.8 Å². The highest BCUT2D eigenvalue weighted by molar-refractivity contribution is 7.92. The van der Waals surface area contributed by atoms with Crippen LogP contribution in [0.2, 0.25) is 0 Å². The van der Waals surface area contributed by atoms with Gasteiger partial charge in [0, 0.05) is 30.6 Å². The highest BCUT2D eigenvalue weighted by Crippen LogP contribution is 2.21. The summed E-state index contributed by atoms with van der Waals surface area (Å²) in [6, 6.07) is 7.65. The molecule has 7 nitrogen and oxygen atoms in total. The highest BCUT2D eigenvalue weighted by atomic mass is 32.2. The van der Waals surface area contributed by atoms with E-state index in [0.717, 1.165) is 0 Å². The lowest BCUT2D eigenvalue weighted by molar-refractivity contribution is 0.102. The van der Waals surface area contributed by atoms with Crippen LogP contribution in [-0.2, 0) is 17.1 Å². The van der Waals surface area contributed by atoms with Crippen LogP contribution in [-0.4, -0.2) is 24.6 Å². The van der Waals surface area contributed by atoms with E-state index in [1.165, 1.54) is 16.8 Å². The van der Waals surface area contributed by atoms with Crippen molar-refractivity contribution in [2.75, 3.05) is 15.8 Å². The first kappa shape index (κ1) is 17.7. The Morgan fingerprint density at radius 1 is 1.21 bits per heavy atom. The molecule has 0 saturated heterocycles. The molecular formula is C16H19N3O4S. The van der Waals surface area contributed by atoms with Crippen molar-refractivity contribution in [2.45, 2.75) is 13.8 Å². The fraction of sp³-hybridized carbons (Fsp3) is 0.250. The fourth-order valence-corrected chi connectivity index (χ4v) is 2.70. The summed E-state index contributed by atoms with van der Waals surface area (Å²) in [7, 11) is -1.76. The minimum Gasteiger partial charge on any atom is -0.322 e. The Labute approximate surface area is 140 Å². The van der Waals surface area contributed by atoms with Gasteiger partial charge >= 0.3 is 0 Å². The predicted molar refractivity (Wildman–Crippen MR) is 93.9 cm³/mol. The monoisotopic (exact) mass is 349 g/mol. The number of amides is 1. The van der Waals surface area contributed by atoms with Gasteiger partial charge in [-0.2, -0.15) is 0 Å². The third-order valence-corrected chi connectivity index (χ3v) is 4.79. The number of nitrogens with zero attached hydrogens (tertiary/aromatic N) is 1. The number of nitrogens with one attached hydrogen (secondary N) is 2. The SMILES string of the molecule is CCS(=O)(=O)Nc1ccc(NC(=O)c2ccn(C)c(=O)c2)cc1C. The zero-order valence-electron chi connectivity index (χ0n) is 13.7. The van der Waals surface area contributed by atoms with Crippen LogP contribution in [0, 0.1) is 6.92 Å². The zero-order valence-corrected chi connectivity index (χ0v) is 14.5. The van der Waals surface area contributed by atoms with E-state index in [0.29, 0.717) is 16.9 Å². The molecule has 1 amide bonds. The van der Waals surface area contributed by atoms with Gasteiger partial charge in [-0.25, -0.2) is 8.42 Å². The summed E-state index contributed by atoms with van der Waals surface area (Å²) >= 11 is 0. The number of anilines is 2. The molecule has 0 saturated carbocycles. The summed E-state index contributed by atoms with van der Waals surface area (Å²) in [5.74, 6) is -0.428. The lowest BCUT2D eigenvalue weighted by Gasteiger charge is -2.12. The normalized spacial score (nSPS) is 11.1. The lowest BCUT2D eigenvalue weighted by Crippen LogP contribution is -2.20. The smallest absolute Gasteiger partial charge is 0.255 e. The van der Waals surface area contributed by atoms with E-state index in [2.05, 4.69) is 10.0 Å². The zero-order chi connectivity index (χ0) is 17.9. The second kappa shape index (κ2) is 6.88. The van der Waals surface area contributed by atoms with E-state index in [-0.39, 0.29) is 16.9 Å². The molecule has 2 rings (SSSR count). The summed E-state index contributed by atoms with van der Waals surface area (Å²) in [5, 5.41) is 2.69. The van der Waals surface area contributed by atoms with Crippen molar-refractivity contribution in [2.24, 2.45) is 7.05 Å². The quantitative estimate of drug-likeness (QED) is 0.858. The summed E-state index contributed by atoms with van der Waals surface area (Å²) in [5.41, 5.74) is 1.63. The van der Waals surface area contributed by atoms with Crippen molar-refractivity contribution in [3.8, 4) is 0 Å². The van der Waals surface area contributed by atoms with E-state index in [4.69, 9.17) is 0 Å². The van der Waals surface area contributed by atoms with Gasteiger partial charge in [0.1, 0.15) is 0 Å². The number of carbonyl (C=O) groups excluding carboxylic acids is 1. The van der Waals surface area contributed by atoms with Gasteiger partial charge in [-0.05, 0) is 43.7 Å². The summed E-state index contributed by atoms with van der Waals surface area (Å²) in [6.45, 7) is 3.29. The lowest BCUT2D eigenvalue weighted by atomic mass is 10.1. The largest absolute Gasteiger partial charge is 0.322 e. The molecule has 0 radical (unpaired) electrons. The Bertz CT molecular complexity index is 933. The van der Waals surface area contributed by atoms with Gasteiger partial charge in [0.25, 0.3) is 11.5 Å². The van der Waals surface area contributed by atoms with Crippen LogP contribution in [0.5, 0.6) is 0 Å². The predicted octanol–water partition coefficient (Wildman–Crippen LogP) is 1.71. The molecule has 2 N–H and O–H groups in total. The molecule has 0 aliphatic rings. The molecule has 0 atom stereocenters. The number of rotatable bonds is 5. The molecular weight excluding hydrogens is 330 g/mol. The van der Waals surface area contributed by atoms with Crippen LogP contribution in [0.15, 0.2) is 41.3 Å². The van der Waals surface area contributed by atoms with Crippen molar-refractivity contribution in [3.05, 3.63) is 58.0 Å². The van der Waals surface area contributed by atoms with Gasteiger partial charge in [0.2, 0.25) is 10.0 Å². The number of benzene rings is 1. The van der Waals surface area contributed by atoms with Crippen LogP contribution in [0.3, 0.4) is 0 Å². The summed E-state index contributed by atoms with van der Waals surface area (Å²) < 4.78 is 27.1. The van der Waals surface area contributed by atoms with Gasteiger partial charge in [0.15, 0.2) is 0 Å². The average Bonchev–Trinajstić information content (AvgIpc) is 2.52. The molecule has 0 bridgehead atoms. The molecule has 0 aliphatic carbocycles. The van der Waals surface area contributed by atoms with Gasteiger partial charge in [0.05, 0.1) is 11.4 Å². The molecule has 8 heteroatoms. The molecule has 1 aromatic carbocycles. The minimum atomic E-state index is -3.36. The van der Waals surface area contributed by atoms with Crippen molar-refractivity contribution in [3.63, 3.8) is 0 Å².